The fourth-order valence-electron chi connectivity index (χ4n) is 1.76. The molecule has 2 aromatic rings. The number of nitrogens with zero attached hydrogens (tertiary/aromatic N) is 1. The molecule has 1 nitrogen and oxygen atoms in total. The summed E-state index contributed by atoms with van der Waals surface area (Å²) < 4.78 is 2.16. The molecule has 0 saturated heterocycles. The first-order valence-electron chi connectivity index (χ1n) is 4.88. The maximum absolute atomic E-state index is 2.20. The minimum absolute atomic E-state index is 1.25. The lowest BCUT2D eigenvalue weighted by molar-refractivity contribution is 1.06. The lowest BCUT2D eigenvalue weighted by Gasteiger charge is -2.05. The van der Waals surface area contributed by atoms with Crippen molar-refractivity contribution in [3.8, 4) is 5.69 Å². The highest BCUT2D eigenvalue weighted by molar-refractivity contribution is 5.40. The molecule has 1 aromatic heterocycles. The van der Waals surface area contributed by atoms with Gasteiger partial charge < -0.3 is 4.57 Å². The van der Waals surface area contributed by atoms with Crippen LogP contribution in [0.4, 0.5) is 0 Å². The predicted octanol–water partition coefficient (Wildman–Crippen LogP) is 3.40. The molecule has 0 radical (unpaired) electrons. The summed E-state index contributed by atoms with van der Waals surface area (Å²) in [5, 5.41) is 0. The average molecular weight is 185 g/mol. The maximum Gasteiger partial charge on any atom is 0.0454 e. The Kier molecular flexibility index (Phi) is 2.16. The van der Waals surface area contributed by atoms with E-state index >= 15 is 0 Å². The van der Waals surface area contributed by atoms with Crippen molar-refractivity contribution in [2.45, 2.75) is 20.8 Å². The van der Waals surface area contributed by atoms with Gasteiger partial charge in [-0.05, 0) is 55.7 Å². The predicted molar refractivity (Wildman–Crippen MR) is 60.0 cm³/mol. The van der Waals surface area contributed by atoms with Gasteiger partial charge in [-0.25, -0.2) is 0 Å². The molecule has 0 bridgehead atoms. The summed E-state index contributed by atoms with van der Waals surface area (Å²) in [6.45, 7) is 6.37. The van der Waals surface area contributed by atoms with Crippen LogP contribution in [0.15, 0.2) is 36.7 Å². The zero-order valence-corrected chi connectivity index (χ0v) is 8.91. The SMILES string of the molecule is Cc1cc(C)cc(-n2ccc(C)c2)c1. The van der Waals surface area contributed by atoms with Gasteiger partial charge in [-0.3, -0.25) is 0 Å². The van der Waals surface area contributed by atoms with E-state index in [0.29, 0.717) is 0 Å². The Morgan fingerprint density at radius 2 is 1.50 bits per heavy atom. The van der Waals surface area contributed by atoms with E-state index in [1.54, 1.807) is 0 Å². The van der Waals surface area contributed by atoms with Crippen molar-refractivity contribution in [2.75, 3.05) is 0 Å². The van der Waals surface area contributed by atoms with Crippen LogP contribution in [0.5, 0.6) is 0 Å². The van der Waals surface area contributed by atoms with Gasteiger partial charge in [-0.1, -0.05) is 6.07 Å². The number of rotatable bonds is 1. The molecule has 0 N–H and O–H groups in total. The van der Waals surface area contributed by atoms with E-state index in [1.165, 1.54) is 22.4 Å². The number of aryl methyl sites for hydroxylation is 3. The van der Waals surface area contributed by atoms with Gasteiger partial charge >= 0.3 is 0 Å². The summed E-state index contributed by atoms with van der Waals surface area (Å²) in [7, 11) is 0. The normalized spacial score (nSPS) is 10.5. The molecule has 1 heteroatoms. The van der Waals surface area contributed by atoms with Crippen molar-refractivity contribution < 1.29 is 0 Å². The van der Waals surface area contributed by atoms with Gasteiger partial charge in [0.1, 0.15) is 0 Å². The van der Waals surface area contributed by atoms with Crippen molar-refractivity contribution >= 4 is 0 Å². The maximum atomic E-state index is 2.20. The Morgan fingerprint density at radius 3 is 2.00 bits per heavy atom. The van der Waals surface area contributed by atoms with E-state index in [-0.39, 0.29) is 0 Å². The van der Waals surface area contributed by atoms with Crippen LogP contribution in [0.1, 0.15) is 16.7 Å². The Labute approximate surface area is 85.0 Å². The van der Waals surface area contributed by atoms with Crippen LogP contribution in [0, 0.1) is 20.8 Å². The molecule has 0 spiro atoms. The topological polar surface area (TPSA) is 4.93 Å². The highest BCUT2D eigenvalue weighted by Gasteiger charge is 1.98. The molecule has 72 valence electrons. The zero-order valence-electron chi connectivity index (χ0n) is 8.91. The molecule has 0 saturated carbocycles. The smallest absolute Gasteiger partial charge is 0.0454 e. The fraction of sp³-hybridized carbons (Fsp3) is 0.231. The Bertz CT molecular complexity index is 432. The summed E-state index contributed by atoms with van der Waals surface area (Å²) >= 11 is 0. The molecule has 0 aliphatic rings. The fourth-order valence-corrected chi connectivity index (χ4v) is 1.76. The minimum Gasteiger partial charge on any atom is -0.324 e. The summed E-state index contributed by atoms with van der Waals surface area (Å²) in [5.74, 6) is 0. The largest absolute Gasteiger partial charge is 0.324 e. The Balaban J connectivity index is 2.51. The third kappa shape index (κ3) is 1.72. The van der Waals surface area contributed by atoms with Crippen LogP contribution in [0.3, 0.4) is 0 Å². The first kappa shape index (κ1) is 9.07. The van der Waals surface area contributed by atoms with Gasteiger partial charge in [0, 0.05) is 18.1 Å². The number of benzene rings is 1. The van der Waals surface area contributed by atoms with Crippen molar-refractivity contribution in [2.24, 2.45) is 0 Å². The second kappa shape index (κ2) is 3.33. The lowest BCUT2D eigenvalue weighted by Crippen LogP contribution is -1.91. The molecule has 14 heavy (non-hydrogen) atoms. The van der Waals surface area contributed by atoms with Gasteiger partial charge in [-0.15, -0.1) is 0 Å². The average Bonchev–Trinajstić information content (AvgIpc) is 2.50. The number of aromatic nitrogens is 1. The van der Waals surface area contributed by atoms with E-state index in [1.807, 2.05) is 0 Å². The van der Waals surface area contributed by atoms with Crippen LogP contribution in [-0.2, 0) is 0 Å². The Hall–Kier alpha value is -1.50. The van der Waals surface area contributed by atoms with E-state index in [4.69, 9.17) is 0 Å². The van der Waals surface area contributed by atoms with Crippen LogP contribution >= 0.6 is 0 Å². The van der Waals surface area contributed by atoms with Crippen LogP contribution in [0.25, 0.3) is 5.69 Å². The van der Waals surface area contributed by atoms with Crippen LogP contribution in [-0.4, -0.2) is 4.57 Å². The number of hydrogen-bond acceptors (Lipinski definition) is 0. The van der Waals surface area contributed by atoms with Crippen molar-refractivity contribution in [1.82, 2.24) is 4.57 Å². The number of hydrogen-bond donors (Lipinski definition) is 0. The summed E-state index contributed by atoms with van der Waals surface area (Å²) in [6, 6.07) is 8.72. The van der Waals surface area contributed by atoms with E-state index < -0.39 is 0 Å². The van der Waals surface area contributed by atoms with E-state index in [9.17, 15) is 0 Å². The molecule has 0 fully saturated rings. The molecular weight excluding hydrogens is 170 g/mol. The first-order chi connectivity index (χ1) is 6.65. The summed E-state index contributed by atoms with van der Waals surface area (Å²) in [4.78, 5) is 0. The second-order valence-electron chi connectivity index (χ2n) is 3.94. The lowest BCUT2D eigenvalue weighted by atomic mass is 10.1. The molecule has 1 heterocycles. The molecule has 2 rings (SSSR count). The zero-order chi connectivity index (χ0) is 10.1. The summed E-state index contributed by atoms with van der Waals surface area (Å²) in [5.41, 5.74) is 5.16. The molecule has 0 atom stereocenters. The standard InChI is InChI=1S/C13H15N/c1-10-4-5-14(9-10)13-7-11(2)6-12(3)8-13/h4-9H,1-3H3. The van der Waals surface area contributed by atoms with Crippen LogP contribution in [0.2, 0.25) is 0 Å². The molecule has 0 aliphatic heterocycles. The first-order valence-corrected chi connectivity index (χ1v) is 4.88. The highest BCUT2D eigenvalue weighted by Crippen LogP contribution is 2.14. The summed E-state index contributed by atoms with van der Waals surface area (Å²) in [6.07, 6.45) is 4.25. The molecular formula is C13H15N. The van der Waals surface area contributed by atoms with Gasteiger partial charge in [-0.2, -0.15) is 0 Å². The third-order valence-corrected chi connectivity index (χ3v) is 2.35. The van der Waals surface area contributed by atoms with Gasteiger partial charge in [0.05, 0.1) is 0 Å². The van der Waals surface area contributed by atoms with Crippen molar-refractivity contribution in [1.29, 1.82) is 0 Å². The molecule has 0 unspecified atom stereocenters. The molecule has 0 amide bonds. The van der Waals surface area contributed by atoms with Gasteiger partial charge in [0.25, 0.3) is 0 Å². The van der Waals surface area contributed by atoms with E-state index in [2.05, 4.69) is 62.0 Å². The molecule has 0 aliphatic carbocycles. The minimum atomic E-state index is 1.25. The Morgan fingerprint density at radius 1 is 0.857 bits per heavy atom. The second-order valence-corrected chi connectivity index (χ2v) is 3.94. The quantitative estimate of drug-likeness (QED) is 0.641. The molecule has 1 aromatic carbocycles. The van der Waals surface area contributed by atoms with Crippen LogP contribution < -0.4 is 0 Å². The monoisotopic (exact) mass is 185 g/mol. The van der Waals surface area contributed by atoms with Crippen molar-refractivity contribution in [3.05, 3.63) is 53.3 Å². The van der Waals surface area contributed by atoms with Gasteiger partial charge in [0.2, 0.25) is 0 Å². The highest BCUT2D eigenvalue weighted by atomic mass is 14.9. The third-order valence-electron chi connectivity index (χ3n) is 2.35. The van der Waals surface area contributed by atoms with Gasteiger partial charge in [0.15, 0.2) is 0 Å². The van der Waals surface area contributed by atoms with Crippen molar-refractivity contribution in [3.63, 3.8) is 0 Å². The van der Waals surface area contributed by atoms with E-state index in [0.717, 1.165) is 0 Å².